The van der Waals surface area contributed by atoms with Gasteiger partial charge in [0.15, 0.2) is 11.6 Å². The molecule has 0 aliphatic heterocycles. The Hall–Kier alpha value is -3.42. The average Bonchev–Trinajstić information content (AvgIpc) is 2.71. The number of carbonyl (C=O) groups excluding carboxylic acids is 1. The van der Waals surface area contributed by atoms with Crippen molar-refractivity contribution in [1.82, 2.24) is 9.13 Å². The summed E-state index contributed by atoms with van der Waals surface area (Å²) in [5.41, 5.74) is -0.289. The minimum Gasteiger partial charge on any atom is -0.494 e. The third-order valence-corrected chi connectivity index (χ3v) is 4.60. The fourth-order valence-corrected chi connectivity index (χ4v) is 3.13. The van der Waals surface area contributed by atoms with E-state index in [1.165, 1.54) is 23.8 Å². The lowest BCUT2D eigenvalue weighted by Crippen LogP contribution is -2.41. The third-order valence-electron chi connectivity index (χ3n) is 4.60. The fourth-order valence-electron chi connectivity index (χ4n) is 3.13. The van der Waals surface area contributed by atoms with Crippen LogP contribution in [0.4, 0.5) is 10.1 Å². The van der Waals surface area contributed by atoms with Gasteiger partial charge in [-0.25, -0.2) is 9.18 Å². The number of hydrogen-bond acceptors (Lipinski definition) is 4. The van der Waals surface area contributed by atoms with E-state index in [4.69, 9.17) is 4.74 Å². The van der Waals surface area contributed by atoms with Crippen LogP contribution in [0.15, 0.2) is 52.1 Å². The van der Waals surface area contributed by atoms with Crippen LogP contribution in [0.5, 0.6) is 5.75 Å². The van der Waals surface area contributed by atoms with Crippen molar-refractivity contribution in [2.24, 2.45) is 0 Å². The third kappa shape index (κ3) is 4.21. The van der Waals surface area contributed by atoms with Gasteiger partial charge in [-0.05, 0) is 30.7 Å². The highest BCUT2D eigenvalue weighted by atomic mass is 19.1. The number of anilines is 1. The monoisotopic (exact) mass is 399 g/mol. The first kappa shape index (κ1) is 20.3. The molecule has 0 saturated carbocycles. The Balaban J connectivity index is 1.96. The summed E-state index contributed by atoms with van der Waals surface area (Å²) in [4.78, 5) is 38.1. The first-order valence-electron chi connectivity index (χ1n) is 9.32. The van der Waals surface area contributed by atoms with Crippen LogP contribution in [0.25, 0.3) is 10.9 Å². The van der Waals surface area contributed by atoms with E-state index in [-0.39, 0.29) is 30.1 Å². The number of amides is 1. The molecule has 0 atom stereocenters. The van der Waals surface area contributed by atoms with Crippen molar-refractivity contribution in [3.8, 4) is 5.75 Å². The van der Waals surface area contributed by atoms with Crippen molar-refractivity contribution in [2.75, 3.05) is 12.4 Å². The molecule has 0 aliphatic rings. The highest BCUT2D eigenvalue weighted by Gasteiger charge is 2.15. The lowest BCUT2D eigenvalue weighted by molar-refractivity contribution is -0.116. The highest BCUT2D eigenvalue weighted by molar-refractivity contribution is 5.91. The van der Waals surface area contributed by atoms with Crippen molar-refractivity contribution < 1.29 is 13.9 Å². The summed E-state index contributed by atoms with van der Waals surface area (Å²) < 4.78 is 21.1. The van der Waals surface area contributed by atoms with E-state index in [0.29, 0.717) is 17.3 Å². The molecular formula is C21H22FN3O4. The molecule has 3 rings (SSSR count). The number of nitrogens with one attached hydrogen (secondary N) is 1. The van der Waals surface area contributed by atoms with Crippen LogP contribution >= 0.6 is 0 Å². The van der Waals surface area contributed by atoms with Gasteiger partial charge in [0.05, 0.1) is 18.0 Å². The largest absolute Gasteiger partial charge is 0.494 e. The number of nitrogens with zero attached hydrogens (tertiary/aromatic N) is 2. The molecule has 8 heteroatoms. The number of hydrogen-bond donors (Lipinski definition) is 1. The van der Waals surface area contributed by atoms with Crippen molar-refractivity contribution in [3.63, 3.8) is 0 Å². The molecule has 0 saturated heterocycles. The Bertz CT molecular complexity index is 1170. The number of para-hydroxylation sites is 1. The van der Waals surface area contributed by atoms with Gasteiger partial charge in [0.1, 0.15) is 6.54 Å². The van der Waals surface area contributed by atoms with Crippen LogP contribution in [-0.2, 0) is 17.9 Å². The topological polar surface area (TPSA) is 82.3 Å². The maximum absolute atomic E-state index is 13.8. The number of fused-ring (bicyclic) bond motifs is 1. The van der Waals surface area contributed by atoms with E-state index in [9.17, 15) is 18.8 Å². The molecule has 0 bridgehead atoms. The molecule has 1 heterocycles. The van der Waals surface area contributed by atoms with E-state index in [0.717, 1.165) is 17.1 Å². The van der Waals surface area contributed by atoms with E-state index >= 15 is 0 Å². The van der Waals surface area contributed by atoms with Crippen molar-refractivity contribution in [3.05, 3.63) is 69.1 Å². The quantitative estimate of drug-likeness (QED) is 0.662. The number of unbranched alkanes of at least 4 members (excludes halogenated alkanes) is 1. The molecule has 7 nitrogen and oxygen atoms in total. The summed E-state index contributed by atoms with van der Waals surface area (Å²) in [7, 11) is 1.35. The van der Waals surface area contributed by atoms with E-state index < -0.39 is 17.4 Å². The maximum atomic E-state index is 13.8. The summed E-state index contributed by atoms with van der Waals surface area (Å²) in [5, 5.41) is 2.94. The summed E-state index contributed by atoms with van der Waals surface area (Å²) in [6.07, 6.45) is 1.49. The van der Waals surface area contributed by atoms with Crippen LogP contribution in [0.1, 0.15) is 19.8 Å². The number of carbonyl (C=O) groups is 1. The van der Waals surface area contributed by atoms with Gasteiger partial charge in [-0.3, -0.25) is 18.7 Å². The Kier molecular flexibility index (Phi) is 6.11. The number of benzene rings is 2. The Morgan fingerprint density at radius 3 is 2.59 bits per heavy atom. The maximum Gasteiger partial charge on any atom is 0.331 e. The fraction of sp³-hybridized carbons (Fsp3) is 0.286. The second-order valence-corrected chi connectivity index (χ2v) is 6.59. The number of ether oxygens (including phenoxy) is 1. The second-order valence-electron chi connectivity index (χ2n) is 6.59. The van der Waals surface area contributed by atoms with Crippen LogP contribution < -0.4 is 21.3 Å². The van der Waals surface area contributed by atoms with Gasteiger partial charge >= 0.3 is 5.69 Å². The minimum atomic E-state index is -0.610. The van der Waals surface area contributed by atoms with Crippen LogP contribution in [0, 0.1) is 5.82 Å². The van der Waals surface area contributed by atoms with Gasteiger partial charge in [-0.15, -0.1) is 0 Å². The molecule has 0 fully saturated rings. The second kappa shape index (κ2) is 8.72. The van der Waals surface area contributed by atoms with Crippen molar-refractivity contribution in [1.29, 1.82) is 0 Å². The Morgan fingerprint density at radius 1 is 1.14 bits per heavy atom. The molecule has 2 aromatic carbocycles. The van der Waals surface area contributed by atoms with Gasteiger partial charge in [0.25, 0.3) is 5.56 Å². The van der Waals surface area contributed by atoms with Gasteiger partial charge in [0, 0.05) is 18.3 Å². The highest BCUT2D eigenvalue weighted by Crippen LogP contribution is 2.20. The Labute approximate surface area is 166 Å². The van der Waals surface area contributed by atoms with Crippen molar-refractivity contribution >= 4 is 22.5 Å². The molecule has 1 amide bonds. The molecule has 1 N–H and O–H groups in total. The number of methoxy groups -OCH3 is 1. The SMILES string of the molecule is CCCCn1c(=O)c2ccccc2n(CC(=O)Nc2ccc(OC)c(F)c2)c1=O. The van der Waals surface area contributed by atoms with Gasteiger partial charge in [-0.2, -0.15) is 0 Å². The smallest absolute Gasteiger partial charge is 0.331 e. The zero-order chi connectivity index (χ0) is 21.0. The molecule has 29 heavy (non-hydrogen) atoms. The van der Waals surface area contributed by atoms with Crippen molar-refractivity contribution in [2.45, 2.75) is 32.9 Å². The predicted octanol–water partition coefficient (Wildman–Crippen LogP) is 2.75. The predicted molar refractivity (Wildman–Crippen MR) is 109 cm³/mol. The first-order chi connectivity index (χ1) is 14.0. The molecule has 0 unspecified atom stereocenters. The first-order valence-corrected chi connectivity index (χ1v) is 9.32. The molecule has 0 radical (unpaired) electrons. The lowest BCUT2D eigenvalue weighted by atomic mass is 10.2. The number of halogens is 1. The van der Waals surface area contributed by atoms with Crippen LogP contribution in [-0.4, -0.2) is 22.2 Å². The zero-order valence-corrected chi connectivity index (χ0v) is 16.3. The molecule has 0 spiro atoms. The van der Waals surface area contributed by atoms with Crippen LogP contribution in [0.2, 0.25) is 0 Å². The molecular weight excluding hydrogens is 377 g/mol. The molecule has 1 aromatic heterocycles. The Morgan fingerprint density at radius 2 is 1.90 bits per heavy atom. The molecule has 0 aliphatic carbocycles. The minimum absolute atomic E-state index is 0.0632. The standard InChI is InChI=1S/C21H22FN3O4/c1-3-4-11-24-20(27)15-7-5-6-8-17(15)25(21(24)28)13-19(26)23-14-9-10-18(29-2)16(22)12-14/h5-10,12H,3-4,11,13H2,1-2H3,(H,23,26). The van der Waals surface area contributed by atoms with Crippen LogP contribution in [0.3, 0.4) is 0 Å². The van der Waals surface area contributed by atoms with Gasteiger partial charge in [-0.1, -0.05) is 25.5 Å². The van der Waals surface area contributed by atoms with E-state index in [1.54, 1.807) is 24.3 Å². The van der Waals surface area contributed by atoms with Gasteiger partial charge in [0.2, 0.25) is 5.91 Å². The summed E-state index contributed by atoms with van der Waals surface area (Å²) in [6.45, 7) is 1.94. The van der Waals surface area contributed by atoms with Gasteiger partial charge < -0.3 is 10.1 Å². The van der Waals surface area contributed by atoms with E-state index in [2.05, 4.69) is 5.32 Å². The molecule has 152 valence electrons. The summed E-state index contributed by atoms with van der Waals surface area (Å²) in [5.74, 6) is -1.06. The summed E-state index contributed by atoms with van der Waals surface area (Å²) in [6, 6.07) is 10.7. The molecule has 3 aromatic rings. The number of rotatable bonds is 7. The average molecular weight is 399 g/mol. The zero-order valence-electron chi connectivity index (χ0n) is 16.3. The van der Waals surface area contributed by atoms with E-state index in [1.807, 2.05) is 6.92 Å². The summed E-state index contributed by atoms with van der Waals surface area (Å²) >= 11 is 0. The normalized spacial score (nSPS) is 10.9. The number of aromatic nitrogens is 2. The lowest BCUT2D eigenvalue weighted by Gasteiger charge is -2.14.